The molecule has 0 spiro atoms. The third kappa shape index (κ3) is 2.35. The van der Waals surface area contributed by atoms with E-state index in [1.165, 1.54) is 0 Å². The molecule has 1 aliphatic rings. The van der Waals surface area contributed by atoms with Crippen LogP contribution in [0.25, 0.3) is 0 Å². The van der Waals surface area contributed by atoms with Crippen LogP contribution in [0.4, 0.5) is 11.4 Å². The van der Waals surface area contributed by atoms with E-state index in [1.807, 2.05) is 18.2 Å². The van der Waals surface area contributed by atoms with E-state index in [0.29, 0.717) is 18.1 Å². The summed E-state index contributed by atoms with van der Waals surface area (Å²) < 4.78 is 5.26. The number of amides is 1. The Morgan fingerprint density at radius 2 is 2.18 bits per heavy atom. The largest absolute Gasteiger partial charge is 0.494 e. The standard InChI is InChI=1S/C13H18N2O2/c1-8(2)10-7-12(16)15-13-9(14-10)5-4-6-11(13)17-3/h4-6,8,10,14H,7H2,1-3H3,(H,15,16). The van der Waals surface area contributed by atoms with Gasteiger partial charge in [-0.15, -0.1) is 0 Å². The number of rotatable bonds is 2. The molecule has 1 heterocycles. The number of methoxy groups -OCH3 is 1. The molecule has 2 N–H and O–H groups in total. The molecule has 0 bridgehead atoms. The van der Waals surface area contributed by atoms with E-state index in [9.17, 15) is 4.79 Å². The normalized spacial score (nSPS) is 19.1. The minimum absolute atomic E-state index is 0.0273. The Labute approximate surface area is 101 Å². The monoisotopic (exact) mass is 234 g/mol. The fourth-order valence-electron chi connectivity index (χ4n) is 1.99. The summed E-state index contributed by atoms with van der Waals surface area (Å²) in [5, 5.41) is 6.30. The molecular formula is C13H18N2O2. The molecule has 4 heteroatoms. The zero-order valence-corrected chi connectivity index (χ0v) is 10.4. The molecule has 0 aliphatic carbocycles. The van der Waals surface area contributed by atoms with E-state index >= 15 is 0 Å². The highest BCUT2D eigenvalue weighted by atomic mass is 16.5. The number of para-hydroxylation sites is 1. The number of nitrogens with one attached hydrogen (secondary N) is 2. The SMILES string of the molecule is COc1cccc2c1NC(=O)CC(C(C)C)N2. The second-order valence-corrected chi connectivity index (χ2v) is 4.63. The van der Waals surface area contributed by atoms with Crippen LogP contribution in [0.3, 0.4) is 0 Å². The van der Waals surface area contributed by atoms with Gasteiger partial charge in [0.05, 0.1) is 12.8 Å². The molecule has 0 fully saturated rings. The van der Waals surface area contributed by atoms with Gasteiger partial charge in [-0.2, -0.15) is 0 Å². The maximum absolute atomic E-state index is 11.8. The minimum Gasteiger partial charge on any atom is -0.494 e. The maximum atomic E-state index is 11.8. The Bertz CT molecular complexity index is 429. The van der Waals surface area contributed by atoms with Crippen LogP contribution in [0.15, 0.2) is 18.2 Å². The summed E-state index contributed by atoms with van der Waals surface area (Å²) in [4.78, 5) is 11.8. The van der Waals surface area contributed by atoms with E-state index < -0.39 is 0 Å². The third-order valence-electron chi connectivity index (χ3n) is 3.06. The second-order valence-electron chi connectivity index (χ2n) is 4.63. The summed E-state index contributed by atoms with van der Waals surface area (Å²) in [5.74, 6) is 1.12. The van der Waals surface area contributed by atoms with E-state index in [0.717, 1.165) is 11.4 Å². The highest BCUT2D eigenvalue weighted by Gasteiger charge is 2.24. The van der Waals surface area contributed by atoms with Gasteiger partial charge in [-0.1, -0.05) is 19.9 Å². The fourth-order valence-corrected chi connectivity index (χ4v) is 1.99. The lowest BCUT2D eigenvalue weighted by atomic mass is 10.0. The molecule has 4 nitrogen and oxygen atoms in total. The van der Waals surface area contributed by atoms with Gasteiger partial charge in [-0.05, 0) is 18.1 Å². The van der Waals surface area contributed by atoms with Crippen molar-refractivity contribution >= 4 is 17.3 Å². The van der Waals surface area contributed by atoms with Gasteiger partial charge in [-0.3, -0.25) is 4.79 Å². The minimum atomic E-state index is 0.0273. The lowest BCUT2D eigenvalue weighted by Crippen LogP contribution is -2.27. The molecule has 1 unspecified atom stereocenters. The Hall–Kier alpha value is -1.71. The molecule has 1 aromatic carbocycles. The summed E-state index contributed by atoms with van der Waals surface area (Å²) in [6.07, 6.45) is 0.482. The highest BCUT2D eigenvalue weighted by molar-refractivity contribution is 5.98. The molecule has 17 heavy (non-hydrogen) atoms. The third-order valence-corrected chi connectivity index (χ3v) is 3.06. The number of hydrogen-bond acceptors (Lipinski definition) is 3. The predicted molar refractivity (Wildman–Crippen MR) is 68.5 cm³/mol. The fraction of sp³-hybridized carbons (Fsp3) is 0.462. The Kier molecular flexibility index (Phi) is 3.22. The lowest BCUT2D eigenvalue weighted by molar-refractivity contribution is -0.116. The molecule has 1 atom stereocenters. The van der Waals surface area contributed by atoms with Gasteiger partial charge in [0.15, 0.2) is 0 Å². The first-order valence-corrected chi connectivity index (χ1v) is 5.85. The average Bonchev–Trinajstić information content (AvgIpc) is 2.46. The summed E-state index contributed by atoms with van der Waals surface area (Å²) >= 11 is 0. The molecule has 1 aliphatic heterocycles. The van der Waals surface area contributed by atoms with Crippen LogP contribution in [0.2, 0.25) is 0 Å². The van der Waals surface area contributed by atoms with Crippen LogP contribution in [-0.4, -0.2) is 19.1 Å². The van der Waals surface area contributed by atoms with Crippen molar-refractivity contribution in [2.24, 2.45) is 5.92 Å². The lowest BCUT2D eigenvalue weighted by Gasteiger charge is -2.20. The number of benzene rings is 1. The Balaban J connectivity index is 2.40. The van der Waals surface area contributed by atoms with E-state index in [1.54, 1.807) is 7.11 Å². The van der Waals surface area contributed by atoms with E-state index in [-0.39, 0.29) is 11.9 Å². The van der Waals surface area contributed by atoms with Crippen molar-refractivity contribution in [2.45, 2.75) is 26.3 Å². The molecule has 2 rings (SSSR count). The summed E-state index contributed by atoms with van der Waals surface area (Å²) in [5.41, 5.74) is 1.66. The topological polar surface area (TPSA) is 50.4 Å². The summed E-state index contributed by atoms with van der Waals surface area (Å²) in [6, 6.07) is 5.87. The van der Waals surface area contributed by atoms with Gasteiger partial charge in [-0.25, -0.2) is 0 Å². The number of ether oxygens (including phenoxy) is 1. The molecule has 1 amide bonds. The highest BCUT2D eigenvalue weighted by Crippen LogP contribution is 2.35. The van der Waals surface area contributed by atoms with Crippen molar-refractivity contribution in [1.29, 1.82) is 0 Å². The van der Waals surface area contributed by atoms with Crippen LogP contribution >= 0.6 is 0 Å². The molecule has 0 radical (unpaired) electrons. The predicted octanol–water partition coefficient (Wildman–Crippen LogP) is 2.47. The zero-order chi connectivity index (χ0) is 12.4. The van der Waals surface area contributed by atoms with Crippen LogP contribution < -0.4 is 15.4 Å². The second kappa shape index (κ2) is 4.65. The molecular weight excluding hydrogens is 216 g/mol. The van der Waals surface area contributed by atoms with Gasteiger partial charge in [0.25, 0.3) is 0 Å². The van der Waals surface area contributed by atoms with Crippen molar-refractivity contribution in [3.8, 4) is 5.75 Å². The van der Waals surface area contributed by atoms with E-state index in [4.69, 9.17) is 4.74 Å². The smallest absolute Gasteiger partial charge is 0.226 e. The van der Waals surface area contributed by atoms with Crippen LogP contribution in [0.5, 0.6) is 5.75 Å². The van der Waals surface area contributed by atoms with E-state index in [2.05, 4.69) is 24.5 Å². The van der Waals surface area contributed by atoms with Crippen LogP contribution in [0.1, 0.15) is 20.3 Å². The quantitative estimate of drug-likeness (QED) is 0.826. The number of anilines is 2. The molecule has 92 valence electrons. The molecule has 0 saturated carbocycles. The number of carbonyl (C=O) groups excluding carboxylic acids is 1. The average molecular weight is 234 g/mol. The van der Waals surface area contributed by atoms with Crippen LogP contribution in [-0.2, 0) is 4.79 Å². The maximum Gasteiger partial charge on any atom is 0.226 e. The number of fused-ring (bicyclic) bond motifs is 1. The van der Waals surface area contributed by atoms with Crippen molar-refractivity contribution < 1.29 is 9.53 Å². The summed E-state index contributed by atoms with van der Waals surface area (Å²) in [7, 11) is 1.60. The van der Waals surface area contributed by atoms with Crippen LogP contribution in [0, 0.1) is 5.92 Å². The number of hydrogen-bond donors (Lipinski definition) is 2. The Morgan fingerprint density at radius 3 is 2.82 bits per heavy atom. The van der Waals surface area contributed by atoms with Crippen molar-refractivity contribution in [3.63, 3.8) is 0 Å². The van der Waals surface area contributed by atoms with Gasteiger partial charge in [0.1, 0.15) is 11.4 Å². The first-order valence-electron chi connectivity index (χ1n) is 5.85. The van der Waals surface area contributed by atoms with Crippen molar-refractivity contribution in [3.05, 3.63) is 18.2 Å². The Morgan fingerprint density at radius 1 is 1.41 bits per heavy atom. The first kappa shape index (κ1) is 11.8. The molecule has 1 aromatic rings. The van der Waals surface area contributed by atoms with Gasteiger partial charge >= 0.3 is 0 Å². The molecule has 0 saturated heterocycles. The summed E-state index contributed by atoms with van der Waals surface area (Å²) in [6.45, 7) is 4.21. The van der Waals surface area contributed by atoms with Gasteiger partial charge < -0.3 is 15.4 Å². The van der Waals surface area contributed by atoms with Gasteiger partial charge in [0.2, 0.25) is 5.91 Å². The first-order chi connectivity index (χ1) is 8.11. The molecule has 0 aromatic heterocycles. The zero-order valence-electron chi connectivity index (χ0n) is 10.4. The van der Waals surface area contributed by atoms with Crippen molar-refractivity contribution in [2.75, 3.05) is 17.7 Å². The van der Waals surface area contributed by atoms with Gasteiger partial charge in [0, 0.05) is 12.5 Å². The number of carbonyl (C=O) groups is 1. The van der Waals surface area contributed by atoms with Crippen molar-refractivity contribution in [1.82, 2.24) is 0 Å².